The molecule has 0 aromatic rings. The van der Waals surface area contributed by atoms with E-state index in [2.05, 4.69) is 35.6 Å². The molecule has 0 saturated heterocycles. The highest BCUT2D eigenvalue weighted by molar-refractivity contribution is 5.82. The van der Waals surface area contributed by atoms with Crippen LogP contribution in [-0.2, 0) is 0 Å². The lowest BCUT2D eigenvalue weighted by Crippen LogP contribution is -2.33. The minimum absolute atomic E-state index is 0.0301. The van der Waals surface area contributed by atoms with Crippen LogP contribution in [0.25, 0.3) is 0 Å². The maximum atomic E-state index is 4.68. The van der Waals surface area contributed by atoms with Gasteiger partial charge in [-0.2, -0.15) is 0 Å². The third-order valence-electron chi connectivity index (χ3n) is 2.80. The van der Waals surface area contributed by atoms with Crippen molar-refractivity contribution in [2.75, 3.05) is 0 Å². The second kappa shape index (κ2) is 3.02. The summed E-state index contributed by atoms with van der Waals surface area (Å²) in [5.41, 5.74) is 1.35. The maximum absolute atomic E-state index is 4.68. The van der Waals surface area contributed by atoms with Crippen LogP contribution < -0.4 is 5.32 Å². The molecule has 1 N–H and O–H groups in total. The van der Waals surface area contributed by atoms with E-state index >= 15 is 0 Å². The lowest BCUT2D eigenvalue weighted by Gasteiger charge is -2.29. The van der Waals surface area contributed by atoms with Crippen molar-refractivity contribution in [3.8, 4) is 0 Å². The van der Waals surface area contributed by atoms with E-state index in [1.165, 1.54) is 18.4 Å². The molecule has 0 aromatic carbocycles. The van der Waals surface area contributed by atoms with E-state index in [4.69, 9.17) is 0 Å². The zero-order valence-electron chi connectivity index (χ0n) is 8.30. The highest BCUT2D eigenvalue weighted by Crippen LogP contribution is 2.32. The van der Waals surface area contributed by atoms with Crippen molar-refractivity contribution in [3.05, 3.63) is 23.9 Å². The topological polar surface area (TPSA) is 24.4 Å². The molecular formula is C11H16N2. The maximum Gasteiger partial charge on any atom is 0.0982 e. The molecule has 1 heterocycles. The fraction of sp³-hybridized carbons (Fsp3) is 0.545. The molecule has 1 aliphatic carbocycles. The van der Waals surface area contributed by atoms with E-state index in [1.54, 1.807) is 0 Å². The molecule has 0 aromatic heterocycles. The predicted molar refractivity (Wildman–Crippen MR) is 55.7 cm³/mol. The van der Waals surface area contributed by atoms with Crippen molar-refractivity contribution < 1.29 is 0 Å². The molecule has 1 unspecified atom stereocenters. The van der Waals surface area contributed by atoms with E-state index in [9.17, 15) is 0 Å². The number of nitrogens with one attached hydrogen (secondary N) is 1. The Hall–Kier alpha value is -1.05. The molecule has 1 atom stereocenters. The van der Waals surface area contributed by atoms with Gasteiger partial charge >= 0.3 is 0 Å². The molecule has 2 rings (SSSR count). The molecule has 1 aliphatic heterocycles. The molecule has 0 fully saturated rings. The number of hydrogen-bond donors (Lipinski definition) is 1. The zero-order chi connectivity index (χ0) is 9.31. The highest BCUT2D eigenvalue weighted by atomic mass is 15.0. The Bertz CT molecular complexity index is 299. The second-order valence-corrected chi connectivity index (χ2v) is 4.01. The summed E-state index contributed by atoms with van der Waals surface area (Å²) in [5.74, 6) is 1.03. The Labute approximate surface area is 79.4 Å². The van der Waals surface area contributed by atoms with Crippen LogP contribution in [0.1, 0.15) is 33.1 Å². The monoisotopic (exact) mass is 176 g/mol. The Balaban J connectivity index is 2.36. The minimum Gasteiger partial charge on any atom is -0.350 e. The third kappa shape index (κ3) is 1.53. The van der Waals surface area contributed by atoms with Crippen LogP contribution in [0, 0.1) is 0 Å². The number of allylic oxidation sites excluding steroid dienone is 1. The van der Waals surface area contributed by atoms with Crippen LogP contribution in [0.15, 0.2) is 28.9 Å². The predicted octanol–water partition coefficient (Wildman–Crippen LogP) is 2.39. The van der Waals surface area contributed by atoms with Crippen molar-refractivity contribution >= 4 is 5.84 Å². The summed E-state index contributed by atoms with van der Waals surface area (Å²) in [7, 11) is 0. The SMILES string of the molecule is CC1=NC2(C)CCCC=CC2=CN1. The molecule has 2 heteroatoms. The molecule has 0 saturated carbocycles. The molecule has 2 aliphatic rings. The largest absolute Gasteiger partial charge is 0.350 e. The van der Waals surface area contributed by atoms with Gasteiger partial charge in [0.05, 0.1) is 11.4 Å². The van der Waals surface area contributed by atoms with Crippen LogP contribution in [0.2, 0.25) is 0 Å². The van der Waals surface area contributed by atoms with Crippen molar-refractivity contribution in [2.45, 2.75) is 38.6 Å². The number of fused-ring (bicyclic) bond motifs is 1. The molecule has 0 amide bonds. The third-order valence-corrected chi connectivity index (χ3v) is 2.80. The lowest BCUT2D eigenvalue weighted by atomic mass is 9.88. The number of amidine groups is 1. The summed E-state index contributed by atoms with van der Waals surface area (Å²) in [5, 5.41) is 3.17. The van der Waals surface area contributed by atoms with Gasteiger partial charge in [0.25, 0.3) is 0 Å². The number of aliphatic imine (C=N–C) groups is 1. The molecular weight excluding hydrogens is 160 g/mol. The standard InChI is InChI=1S/C11H16N2/c1-9-12-8-10-6-4-3-5-7-11(10,2)13-9/h4,6,8H,3,5,7H2,1-2H3,(H,12,13). The summed E-state index contributed by atoms with van der Waals surface area (Å²) >= 11 is 0. The minimum atomic E-state index is 0.0301. The fourth-order valence-electron chi connectivity index (χ4n) is 2.01. The van der Waals surface area contributed by atoms with Gasteiger partial charge < -0.3 is 5.32 Å². The number of hydrogen-bond acceptors (Lipinski definition) is 2. The second-order valence-electron chi connectivity index (χ2n) is 4.01. The molecule has 2 nitrogen and oxygen atoms in total. The van der Waals surface area contributed by atoms with Gasteiger partial charge in [0.2, 0.25) is 0 Å². The molecule has 0 spiro atoms. The first-order chi connectivity index (χ1) is 6.21. The summed E-state index contributed by atoms with van der Waals surface area (Å²) in [6.45, 7) is 4.24. The van der Waals surface area contributed by atoms with E-state index in [-0.39, 0.29) is 5.54 Å². The average molecular weight is 176 g/mol. The van der Waals surface area contributed by atoms with Gasteiger partial charge in [-0.15, -0.1) is 0 Å². The van der Waals surface area contributed by atoms with Crippen LogP contribution in [-0.4, -0.2) is 11.4 Å². The van der Waals surface area contributed by atoms with Gasteiger partial charge in [0.1, 0.15) is 0 Å². The van der Waals surface area contributed by atoms with Crippen LogP contribution in [0.3, 0.4) is 0 Å². The van der Waals surface area contributed by atoms with Gasteiger partial charge in [-0.05, 0) is 38.7 Å². The Morgan fingerprint density at radius 3 is 3.23 bits per heavy atom. The van der Waals surface area contributed by atoms with Crippen LogP contribution in [0.5, 0.6) is 0 Å². The smallest absolute Gasteiger partial charge is 0.0982 e. The van der Waals surface area contributed by atoms with E-state index < -0.39 is 0 Å². The quantitative estimate of drug-likeness (QED) is 0.602. The van der Waals surface area contributed by atoms with E-state index in [0.29, 0.717) is 0 Å². The summed E-state index contributed by atoms with van der Waals surface area (Å²) < 4.78 is 0. The lowest BCUT2D eigenvalue weighted by molar-refractivity contribution is 0.497. The Kier molecular flexibility index (Phi) is 1.98. The van der Waals surface area contributed by atoms with Gasteiger partial charge in [0.15, 0.2) is 0 Å². The Morgan fingerprint density at radius 2 is 2.38 bits per heavy atom. The van der Waals surface area contributed by atoms with Gasteiger partial charge in [-0.1, -0.05) is 12.2 Å². The number of nitrogens with zero attached hydrogens (tertiary/aromatic N) is 1. The summed E-state index contributed by atoms with van der Waals surface area (Å²) in [6.07, 6.45) is 10.1. The van der Waals surface area contributed by atoms with Crippen molar-refractivity contribution in [2.24, 2.45) is 4.99 Å². The first kappa shape index (κ1) is 8.54. The summed E-state index contributed by atoms with van der Waals surface area (Å²) in [4.78, 5) is 4.68. The van der Waals surface area contributed by atoms with Crippen LogP contribution >= 0.6 is 0 Å². The molecule has 0 bridgehead atoms. The summed E-state index contributed by atoms with van der Waals surface area (Å²) in [6, 6.07) is 0. The van der Waals surface area contributed by atoms with Gasteiger partial charge in [-0.25, -0.2) is 0 Å². The van der Waals surface area contributed by atoms with Crippen molar-refractivity contribution in [1.82, 2.24) is 5.32 Å². The highest BCUT2D eigenvalue weighted by Gasteiger charge is 2.29. The van der Waals surface area contributed by atoms with Crippen molar-refractivity contribution in [3.63, 3.8) is 0 Å². The number of rotatable bonds is 0. The molecule has 70 valence electrons. The molecule has 0 radical (unpaired) electrons. The fourth-order valence-corrected chi connectivity index (χ4v) is 2.01. The van der Waals surface area contributed by atoms with Gasteiger partial charge in [0, 0.05) is 6.20 Å². The van der Waals surface area contributed by atoms with Crippen molar-refractivity contribution in [1.29, 1.82) is 0 Å². The van der Waals surface area contributed by atoms with Crippen LogP contribution in [0.4, 0.5) is 0 Å². The van der Waals surface area contributed by atoms with Gasteiger partial charge in [-0.3, -0.25) is 4.99 Å². The van der Waals surface area contributed by atoms with E-state index in [0.717, 1.165) is 12.3 Å². The normalized spacial score (nSPS) is 32.5. The first-order valence-electron chi connectivity index (χ1n) is 4.91. The van der Waals surface area contributed by atoms with E-state index in [1.807, 2.05) is 6.92 Å². The zero-order valence-corrected chi connectivity index (χ0v) is 8.30. The average Bonchev–Trinajstić information content (AvgIpc) is 2.24. The first-order valence-corrected chi connectivity index (χ1v) is 4.91. The molecule has 13 heavy (non-hydrogen) atoms. The Morgan fingerprint density at radius 1 is 1.54 bits per heavy atom.